The molecule has 0 radical (unpaired) electrons. The lowest BCUT2D eigenvalue weighted by Crippen LogP contribution is -2.51. The molecule has 2 aromatic rings. The minimum atomic E-state index is -0.192. The van der Waals surface area contributed by atoms with Gasteiger partial charge in [0.15, 0.2) is 0 Å². The van der Waals surface area contributed by atoms with Gasteiger partial charge in [-0.1, -0.05) is 43.3 Å². The van der Waals surface area contributed by atoms with Gasteiger partial charge in [-0.15, -0.1) is 0 Å². The molecule has 0 spiro atoms. The molecular formula is C21H24N2O2. The minimum Gasteiger partial charge on any atom is -0.496 e. The van der Waals surface area contributed by atoms with Gasteiger partial charge < -0.3 is 15.0 Å². The summed E-state index contributed by atoms with van der Waals surface area (Å²) in [6.45, 7) is 4.18. The minimum absolute atomic E-state index is 0.0679. The Morgan fingerprint density at radius 2 is 1.92 bits per heavy atom. The number of nitrogens with one attached hydrogen (secondary N) is 1. The number of hydrogen-bond acceptors (Lipinski definition) is 3. The standard InChI is InChI=1S/C21H24N2O2/c1-4-15(2)23-20(14-13-16-9-5-8-12-19(16)25-3)22-18-11-7-6-10-17(18)21(23)24/h5-15,20,22H,4H2,1-3H3/b14-13+/t15-,20-/m1/s1. The summed E-state index contributed by atoms with van der Waals surface area (Å²) < 4.78 is 5.41. The Morgan fingerprint density at radius 1 is 1.20 bits per heavy atom. The summed E-state index contributed by atoms with van der Waals surface area (Å²) in [7, 11) is 1.66. The van der Waals surface area contributed by atoms with Gasteiger partial charge in [-0.25, -0.2) is 0 Å². The fourth-order valence-electron chi connectivity index (χ4n) is 3.10. The number of para-hydroxylation sites is 2. The van der Waals surface area contributed by atoms with Crippen molar-refractivity contribution in [1.29, 1.82) is 0 Å². The number of benzene rings is 2. The number of rotatable bonds is 5. The first-order valence-electron chi connectivity index (χ1n) is 8.65. The van der Waals surface area contributed by atoms with Gasteiger partial charge in [-0.05, 0) is 37.6 Å². The molecule has 0 saturated carbocycles. The molecular weight excluding hydrogens is 312 g/mol. The third kappa shape index (κ3) is 3.38. The maximum absolute atomic E-state index is 13.0. The van der Waals surface area contributed by atoms with Gasteiger partial charge in [0.2, 0.25) is 0 Å². The van der Waals surface area contributed by atoms with E-state index < -0.39 is 0 Å². The molecule has 0 bridgehead atoms. The van der Waals surface area contributed by atoms with Crippen LogP contribution in [0.4, 0.5) is 5.69 Å². The molecule has 1 aliphatic rings. The molecule has 0 saturated heterocycles. The molecule has 0 aliphatic carbocycles. The number of hydrogen-bond donors (Lipinski definition) is 1. The Balaban J connectivity index is 1.95. The zero-order chi connectivity index (χ0) is 17.8. The maximum Gasteiger partial charge on any atom is 0.258 e. The van der Waals surface area contributed by atoms with E-state index in [2.05, 4.69) is 19.2 Å². The van der Waals surface area contributed by atoms with E-state index in [0.717, 1.165) is 29.0 Å². The summed E-state index contributed by atoms with van der Waals surface area (Å²) in [4.78, 5) is 14.9. The number of carbonyl (C=O) groups excluding carboxylic acids is 1. The molecule has 1 heterocycles. The van der Waals surface area contributed by atoms with E-state index in [1.54, 1.807) is 7.11 Å². The van der Waals surface area contributed by atoms with Gasteiger partial charge in [0.05, 0.1) is 12.7 Å². The Hall–Kier alpha value is -2.75. The zero-order valence-electron chi connectivity index (χ0n) is 14.9. The van der Waals surface area contributed by atoms with Crippen molar-refractivity contribution in [3.8, 4) is 5.75 Å². The van der Waals surface area contributed by atoms with Crippen molar-refractivity contribution in [3.63, 3.8) is 0 Å². The number of amides is 1. The molecule has 4 heteroatoms. The van der Waals surface area contributed by atoms with E-state index >= 15 is 0 Å². The third-order valence-corrected chi connectivity index (χ3v) is 4.66. The van der Waals surface area contributed by atoms with E-state index in [0.29, 0.717) is 0 Å². The molecule has 130 valence electrons. The van der Waals surface area contributed by atoms with Crippen LogP contribution < -0.4 is 10.1 Å². The van der Waals surface area contributed by atoms with Gasteiger partial charge in [0.1, 0.15) is 11.9 Å². The van der Waals surface area contributed by atoms with Gasteiger partial charge in [-0.3, -0.25) is 4.79 Å². The molecule has 4 nitrogen and oxygen atoms in total. The van der Waals surface area contributed by atoms with Crippen molar-refractivity contribution in [2.75, 3.05) is 12.4 Å². The van der Waals surface area contributed by atoms with E-state index in [9.17, 15) is 4.79 Å². The highest BCUT2D eigenvalue weighted by atomic mass is 16.5. The first kappa shape index (κ1) is 17.1. The third-order valence-electron chi connectivity index (χ3n) is 4.66. The van der Waals surface area contributed by atoms with Crippen LogP contribution in [0.2, 0.25) is 0 Å². The van der Waals surface area contributed by atoms with Crippen molar-refractivity contribution < 1.29 is 9.53 Å². The SMILES string of the molecule is CC[C@@H](C)N1C(=O)c2ccccc2N[C@H]1/C=C/c1ccccc1OC. The molecule has 25 heavy (non-hydrogen) atoms. The Morgan fingerprint density at radius 3 is 2.68 bits per heavy atom. The number of fused-ring (bicyclic) bond motifs is 1. The first-order valence-corrected chi connectivity index (χ1v) is 8.65. The molecule has 3 rings (SSSR count). The van der Waals surface area contributed by atoms with Crippen molar-refractivity contribution in [2.45, 2.75) is 32.5 Å². The number of carbonyl (C=O) groups is 1. The van der Waals surface area contributed by atoms with E-state index in [1.807, 2.05) is 65.6 Å². The van der Waals surface area contributed by atoms with Crippen molar-refractivity contribution in [3.05, 3.63) is 65.7 Å². The van der Waals surface area contributed by atoms with Crippen LogP contribution in [-0.4, -0.2) is 30.1 Å². The average molecular weight is 336 g/mol. The number of ether oxygens (including phenoxy) is 1. The second-order valence-electron chi connectivity index (χ2n) is 6.21. The second-order valence-corrected chi connectivity index (χ2v) is 6.21. The van der Waals surface area contributed by atoms with Crippen molar-refractivity contribution in [1.82, 2.24) is 4.90 Å². The molecule has 1 N–H and O–H groups in total. The average Bonchev–Trinajstić information content (AvgIpc) is 2.66. The summed E-state index contributed by atoms with van der Waals surface area (Å²) >= 11 is 0. The molecule has 2 atom stereocenters. The Kier molecular flexibility index (Phi) is 5.08. The molecule has 0 fully saturated rings. The van der Waals surface area contributed by atoms with Crippen LogP contribution in [0, 0.1) is 0 Å². The van der Waals surface area contributed by atoms with E-state index in [-0.39, 0.29) is 18.1 Å². The number of methoxy groups -OCH3 is 1. The molecule has 0 unspecified atom stereocenters. The fourth-order valence-corrected chi connectivity index (χ4v) is 3.10. The van der Waals surface area contributed by atoms with Crippen molar-refractivity contribution >= 4 is 17.7 Å². The maximum atomic E-state index is 13.0. The van der Waals surface area contributed by atoms with Crippen LogP contribution in [0.5, 0.6) is 5.75 Å². The van der Waals surface area contributed by atoms with Gasteiger partial charge >= 0.3 is 0 Å². The largest absolute Gasteiger partial charge is 0.496 e. The highest BCUT2D eigenvalue weighted by Crippen LogP contribution is 2.28. The van der Waals surface area contributed by atoms with Crippen LogP contribution >= 0.6 is 0 Å². The Bertz CT molecular complexity index is 785. The lowest BCUT2D eigenvalue weighted by molar-refractivity contribution is 0.0639. The summed E-state index contributed by atoms with van der Waals surface area (Å²) in [5, 5.41) is 3.48. The lowest BCUT2D eigenvalue weighted by atomic mass is 10.0. The van der Waals surface area contributed by atoms with E-state index in [1.165, 1.54) is 0 Å². The van der Waals surface area contributed by atoms with Crippen LogP contribution in [0.25, 0.3) is 6.08 Å². The number of nitrogens with zero attached hydrogens (tertiary/aromatic N) is 1. The fraction of sp³-hybridized carbons (Fsp3) is 0.286. The molecule has 1 amide bonds. The summed E-state index contributed by atoms with van der Waals surface area (Å²) in [6.07, 6.45) is 4.74. The predicted octanol–water partition coefficient (Wildman–Crippen LogP) is 4.40. The summed E-state index contributed by atoms with van der Waals surface area (Å²) in [5.74, 6) is 0.884. The summed E-state index contributed by atoms with van der Waals surface area (Å²) in [5.41, 5.74) is 2.59. The van der Waals surface area contributed by atoms with Crippen LogP contribution in [0.3, 0.4) is 0 Å². The zero-order valence-corrected chi connectivity index (χ0v) is 14.9. The van der Waals surface area contributed by atoms with Gasteiger partial charge in [-0.2, -0.15) is 0 Å². The van der Waals surface area contributed by atoms with Crippen LogP contribution in [-0.2, 0) is 0 Å². The van der Waals surface area contributed by atoms with Crippen LogP contribution in [0.1, 0.15) is 36.2 Å². The van der Waals surface area contributed by atoms with Gasteiger partial charge in [0.25, 0.3) is 5.91 Å². The molecule has 0 aromatic heterocycles. The first-order chi connectivity index (χ1) is 12.2. The van der Waals surface area contributed by atoms with Crippen molar-refractivity contribution in [2.24, 2.45) is 0 Å². The normalized spacial score (nSPS) is 18.0. The number of anilines is 1. The highest BCUT2D eigenvalue weighted by molar-refractivity contribution is 6.02. The predicted molar refractivity (Wildman–Crippen MR) is 102 cm³/mol. The second kappa shape index (κ2) is 7.43. The molecule has 1 aliphatic heterocycles. The quantitative estimate of drug-likeness (QED) is 0.880. The van der Waals surface area contributed by atoms with E-state index in [4.69, 9.17) is 4.74 Å². The lowest BCUT2D eigenvalue weighted by Gasteiger charge is -2.40. The topological polar surface area (TPSA) is 41.6 Å². The highest BCUT2D eigenvalue weighted by Gasteiger charge is 2.32. The smallest absolute Gasteiger partial charge is 0.258 e. The summed E-state index contributed by atoms with van der Waals surface area (Å²) in [6, 6.07) is 15.7. The van der Waals surface area contributed by atoms with Gasteiger partial charge in [0, 0.05) is 17.3 Å². The molecule has 2 aromatic carbocycles. The monoisotopic (exact) mass is 336 g/mol. The van der Waals surface area contributed by atoms with Crippen LogP contribution in [0.15, 0.2) is 54.6 Å². The Labute approximate surface area is 149 Å².